The first-order valence-electron chi connectivity index (χ1n) is 9.79. The summed E-state index contributed by atoms with van der Waals surface area (Å²) in [6, 6.07) is 9.30. The quantitative estimate of drug-likeness (QED) is 0.641. The smallest absolute Gasteiger partial charge is 0.258 e. The van der Waals surface area contributed by atoms with Gasteiger partial charge in [-0.3, -0.25) is 18.9 Å². The number of halogens is 1. The summed E-state index contributed by atoms with van der Waals surface area (Å²) in [5, 5.41) is 2.56. The van der Waals surface area contributed by atoms with Gasteiger partial charge in [-0.2, -0.15) is 0 Å². The molecule has 5 rings (SSSR count). The minimum absolute atomic E-state index is 0.0429. The lowest BCUT2D eigenvalue weighted by atomic mass is 9.94. The maximum Gasteiger partial charge on any atom is 0.258 e. The number of fused-ring (bicyclic) bond motifs is 1. The molecule has 1 aromatic carbocycles. The molecular weight excluding hydrogens is 408 g/mol. The molecule has 1 saturated heterocycles. The van der Waals surface area contributed by atoms with E-state index in [0.29, 0.717) is 24.7 Å². The zero-order valence-electron chi connectivity index (χ0n) is 15.9. The average molecular weight is 429 g/mol. The van der Waals surface area contributed by atoms with E-state index in [2.05, 4.69) is 9.88 Å². The molecule has 1 amide bonds. The first-order chi connectivity index (χ1) is 14.0. The average Bonchev–Trinajstić information content (AvgIpc) is 3.39. The zero-order chi connectivity index (χ0) is 20.0. The van der Waals surface area contributed by atoms with E-state index in [0.717, 1.165) is 42.1 Å². The third kappa shape index (κ3) is 3.47. The Labute approximate surface area is 177 Å². The van der Waals surface area contributed by atoms with E-state index in [-0.39, 0.29) is 16.9 Å². The van der Waals surface area contributed by atoms with Crippen LogP contribution in [0.1, 0.15) is 24.1 Å². The van der Waals surface area contributed by atoms with E-state index in [1.54, 1.807) is 16.7 Å². The number of hydrogen-bond acceptors (Lipinski definition) is 5. The molecule has 0 spiro atoms. The lowest BCUT2D eigenvalue weighted by Gasteiger charge is -2.36. The normalized spacial score (nSPS) is 18.9. The molecule has 1 aliphatic heterocycles. The van der Waals surface area contributed by atoms with Gasteiger partial charge in [-0.15, -0.1) is 11.3 Å². The largest absolute Gasteiger partial charge is 0.339 e. The minimum atomic E-state index is -0.354. The van der Waals surface area contributed by atoms with Crippen LogP contribution in [0.4, 0.5) is 0 Å². The number of carbonyl (C=O) groups excluding carboxylic acids is 1. The third-order valence-electron chi connectivity index (χ3n) is 5.96. The molecule has 0 atom stereocenters. The van der Waals surface area contributed by atoms with Crippen LogP contribution >= 0.6 is 22.9 Å². The Morgan fingerprint density at radius 1 is 1.14 bits per heavy atom. The maximum atomic E-state index is 13.2. The van der Waals surface area contributed by atoms with Crippen molar-refractivity contribution < 1.29 is 4.79 Å². The van der Waals surface area contributed by atoms with Crippen molar-refractivity contribution in [3.05, 3.63) is 68.5 Å². The van der Waals surface area contributed by atoms with Gasteiger partial charge in [-0.25, -0.2) is 4.98 Å². The minimum Gasteiger partial charge on any atom is -0.339 e. The van der Waals surface area contributed by atoms with E-state index >= 15 is 0 Å². The summed E-state index contributed by atoms with van der Waals surface area (Å²) in [5.74, 6) is 0.232. The number of benzene rings is 1. The van der Waals surface area contributed by atoms with Crippen molar-refractivity contribution in [1.82, 2.24) is 19.2 Å². The number of hydrogen-bond donors (Lipinski definition) is 0. The second kappa shape index (κ2) is 7.23. The molecule has 0 N–H and O–H groups in total. The lowest BCUT2D eigenvalue weighted by molar-refractivity contribution is -0.135. The van der Waals surface area contributed by atoms with E-state index in [1.807, 2.05) is 34.5 Å². The topological polar surface area (TPSA) is 57.9 Å². The Balaban J connectivity index is 1.24. The van der Waals surface area contributed by atoms with Gasteiger partial charge in [0.2, 0.25) is 5.91 Å². The SMILES string of the molecule is O=C(N1CCN(Cc2cc(=O)n3ccsc3n2)CC1)C1(c2ccc(Cl)cc2)CC1. The van der Waals surface area contributed by atoms with E-state index in [4.69, 9.17) is 11.6 Å². The van der Waals surface area contributed by atoms with Crippen LogP contribution in [-0.4, -0.2) is 51.3 Å². The summed E-state index contributed by atoms with van der Waals surface area (Å²) in [4.78, 5) is 34.9. The molecule has 6 nitrogen and oxygen atoms in total. The van der Waals surface area contributed by atoms with Gasteiger partial charge in [0.15, 0.2) is 4.96 Å². The molecule has 0 radical (unpaired) electrons. The molecular formula is C21H21ClN4O2S. The molecule has 2 aliphatic rings. The van der Waals surface area contributed by atoms with Crippen molar-refractivity contribution in [3.63, 3.8) is 0 Å². The van der Waals surface area contributed by atoms with Gasteiger partial charge >= 0.3 is 0 Å². The molecule has 0 unspecified atom stereocenters. The van der Waals surface area contributed by atoms with Crippen molar-refractivity contribution in [2.75, 3.05) is 26.2 Å². The van der Waals surface area contributed by atoms with Crippen LogP contribution in [0.25, 0.3) is 4.96 Å². The van der Waals surface area contributed by atoms with Crippen LogP contribution in [0.2, 0.25) is 5.02 Å². The first kappa shape index (κ1) is 18.8. The second-order valence-corrected chi connectivity index (χ2v) is 9.11. The van der Waals surface area contributed by atoms with Crippen molar-refractivity contribution >= 4 is 33.8 Å². The van der Waals surface area contributed by atoms with Gasteiger partial charge in [-0.1, -0.05) is 23.7 Å². The monoisotopic (exact) mass is 428 g/mol. The number of aromatic nitrogens is 2. The Hall–Kier alpha value is -2.22. The van der Waals surface area contributed by atoms with E-state index in [1.165, 1.54) is 11.3 Å². The van der Waals surface area contributed by atoms with Gasteiger partial charge in [-0.05, 0) is 30.5 Å². The fourth-order valence-corrected chi connectivity index (χ4v) is 4.99. The fourth-order valence-electron chi connectivity index (χ4n) is 4.13. The van der Waals surface area contributed by atoms with E-state index < -0.39 is 0 Å². The highest BCUT2D eigenvalue weighted by Crippen LogP contribution is 2.49. The molecule has 2 aromatic heterocycles. The van der Waals surface area contributed by atoms with E-state index in [9.17, 15) is 9.59 Å². The molecule has 8 heteroatoms. The summed E-state index contributed by atoms with van der Waals surface area (Å²) in [5.41, 5.74) is 1.46. The number of piperazine rings is 1. The predicted octanol–water partition coefficient (Wildman–Crippen LogP) is 2.79. The zero-order valence-corrected chi connectivity index (χ0v) is 17.5. The van der Waals surface area contributed by atoms with Crippen molar-refractivity contribution in [2.45, 2.75) is 24.8 Å². The van der Waals surface area contributed by atoms with Crippen LogP contribution in [0, 0.1) is 0 Å². The van der Waals surface area contributed by atoms with Gasteiger partial charge in [0.05, 0.1) is 11.1 Å². The third-order valence-corrected chi connectivity index (χ3v) is 6.97. The summed E-state index contributed by atoms with van der Waals surface area (Å²) in [6.45, 7) is 3.61. The van der Waals surface area contributed by atoms with Gasteiger partial charge in [0, 0.05) is 55.4 Å². The lowest BCUT2D eigenvalue weighted by Crippen LogP contribution is -2.51. The Morgan fingerprint density at radius 3 is 2.55 bits per heavy atom. The highest BCUT2D eigenvalue weighted by molar-refractivity contribution is 7.15. The Morgan fingerprint density at radius 2 is 1.86 bits per heavy atom. The van der Waals surface area contributed by atoms with Gasteiger partial charge in [0.25, 0.3) is 5.56 Å². The highest BCUT2D eigenvalue weighted by atomic mass is 35.5. The summed E-state index contributed by atoms with van der Waals surface area (Å²) in [6.07, 6.45) is 3.56. The second-order valence-electron chi connectivity index (χ2n) is 7.80. The molecule has 3 aromatic rings. The fraction of sp³-hybridized carbons (Fsp3) is 0.381. The predicted molar refractivity (Wildman–Crippen MR) is 114 cm³/mol. The van der Waals surface area contributed by atoms with Gasteiger partial charge < -0.3 is 4.90 Å². The Kier molecular flexibility index (Phi) is 4.69. The highest BCUT2D eigenvalue weighted by Gasteiger charge is 2.53. The molecule has 29 heavy (non-hydrogen) atoms. The molecule has 2 fully saturated rings. The molecule has 3 heterocycles. The number of carbonyl (C=O) groups is 1. The van der Waals surface area contributed by atoms with Crippen molar-refractivity contribution in [3.8, 4) is 0 Å². The van der Waals surface area contributed by atoms with Crippen LogP contribution in [0.5, 0.6) is 0 Å². The molecule has 0 bridgehead atoms. The molecule has 1 saturated carbocycles. The van der Waals surface area contributed by atoms with Crippen LogP contribution < -0.4 is 5.56 Å². The summed E-state index contributed by atoms with van der Waals surface area (Å²) < 4.78 is 1.57. The number of thiazole rings is 1. The molecule has 1 aliphatic carbocycles. The van der Waals surface area contributed by atoms with Crippen LogP contribution in [0.15, 0.2) is 46.7 Å². The molecule has 150 valence electrons. The number of nitrogens with zero attached hydrogens (tertiary/aromatic N) is 4. The maximum absolute atomic E-state index is 13.2. The standard InChI is InChI=1S/C21H21ClN4O2S/c22-16-3-1-15(2-4-16)21(5-6-21)19(28)25-9-7-24(8-10-25)14-17-13-18(27)26-11-12-29-20(26)23-17/h1-4,11-13H,5-10,14H2. The van der Waals surface area contributed by atoms with Gasteiger partial charge in [0.1, 0.15) is 0 Å². The Bertz CT molecular complexity index is 1110. The van der Waals surface area contributed by atoms with Crippen molar-refractivity contribution in [1.29, 1.82) is 0 Å². The van der Waals surface area contributed by atoms with Crippen molar-refractivity contribution in [2.24, 2.45) is 0 Å². The van der Waals surface area contributed by atoms with Crippen LogP contribution in [0.3, 0.4) is 0 Å². The summed E-state index contributed by atoms with van der Waals surface area (Å²) >= 11 is 7.46. The number of amides is 1. The van der Waals surface area contributed by atoms with Crippen LogP contribution in [-0.2, 0) is 16.8 Å². The first-order valence-corrected chi connectivity index (χ1v) is 11.0. The summed E-state index contributed by atoms with van der Waals surface area (Å²) in [7, 11) is 0. The number of rotatable bonds is 4.